The molecule has 6 heteroatoms. The second kappa shape index (κ2) is 7.97. The molecule has 1 fully saturated rings. The van der Waals surface area contributed by atoms with E-state index in [0.29, 0.717) is 17.4 Å². The molecule has 23 heavy (non-hydrogen) atoms. The van der Waals surface area contributed by atoms with Crippen LogP contribution in [-0.4, -0.2) is 54.8 Å². The highest BCUT2D eigenvalue weighted by Gasteiger charge is 2.27. The fourth-order valence-corrected chi connectivity index (χ4v) is 2.90. The van der Waals surface area contributed by atoms with Crippen LogP contribution in [0.5, 0.6) is 5.75 Å². The minimum absolute atomic E-state index is 0.0772. The smallest absolute Gasteiger partial charge is 0.341 e. The van der Waals surface area contributed by atoms with Gasteiger partial charge in [0.25, 0.3) is 5.91 Å². The number of hydrogen-bond acceptors (Lipinski definition) is 4. The van der Waals surface area contributed by atoms with Gasteiger partial charge >= 0.3 is 5.97 Å². The van der Waals surface area contributed by atoms with Crippen molar-refractivity contribution in [3.63, 3.8) is 0 Å². The Morgan fingerprint density at radius 3 is 2.57 bits per heavy atom. The maximum absolute atomic E-state index is 12.6. The molecule has 0 aromatic heterocycles. The van der Waals surface area contributed by atoms with Gasteiger partial charge in [0, 0.05) is 25.8 Å². The summed E-state index contributed by atoms with van der Waals surface area (Å²) in [5, 5.41) is 8.64. The van der Waals surface area contributed by atoms with E-state index in [0.717, 1.165) is 25.7 Å². The van der Waals surface area contributed by atoms with Gasteiger partial charge in [0.05, 0.1) is 6.10 Å². The Morgan fingerprint density at radius 1 is 1.26 bits per heavy atom. The van der Waals surface area contributed by atoms with Crippen molar-refractivity contribution in [3.8, 4) is 5.75 Å². The number of rotatable bonds is 6. The standard InChI is InChI=1S/C17H23NO5/c1-18(13-6-8-14(22-2)9-7-13)17(21)12-4-3-5-15(10-12)23-11-16(19)20/h3-5,10,13-14H,6-9,11H2,1-2H3,(H,19,20). The molecule has 6 nitrogen and oxygen atoms in total. The quantitative estimate of drug-likeness (QED) is 0.869. The van der Waals surface area contributed by atoms with E-state index < -0.39 is 12.6 Å². The van der Waals surface area contributed by atoms with Crippen LogP contribution in [0.15, 0.2) is 24.3 Å². The van der Waals surface area contributed by atoms with E-state index in [2.05, 4.69) is 0 Å². The minimum atomic E-state index is -1.05. The first-order chi connectivity index (χ1) is 11.0. The van der Waals surface area contributed by atoms with Gasteiger partial charge in [-0.1, -0.05) is 6.07 Å². The first kappa shape index (κ1) is 17.3. The first-order valence-electron chi connectivity index (χ1n) is 7.76. The molecular formula is C17H23NO5. The van der Waals surface area contributed by atoms with E-state index >= 15 is 0 Å². The number of amides is 1. The SMILES string of the molecule is COC1CCC(N(C)C(=O)c2cccc(OCC(=O)O)c2)CC1. The molecule has 0 spiro atoms. The van der Waals surface area contributed by atoms with Gasteiger partial charge in [-0.25, -0.2) is 4.79 Å². The monoisotopic (exact) mass is 321 g/mol. The maximum Gasteiger partial charge on any atom is 0.341 e. The van der Waals surface area contributed by atoms with Crippen LogP contribution in [0.4, 0.5) is 0 Å². The molecule has 1 N–H and O–H groups in total. The van der Waals surface area contributed by atoms with Crippen molar-refractivity contribution in [2.24, 2.45) is 0 Å². The lowest BCUT2D eigenvalue weighted by Gasteiger charge is -2.34. The molecule has 1 aromatic rings. The van der Waals surface area contributed by atoms with Crippen LogP contribution in [0.3, 0.4) is 0 Å². The average Bonchev–Trinajstić information content (AvgIpc) is 2.59. The Hall–Kier alpha value is -2.08. The summed E-state index contributed by atoms with van der Waals surface area (Å²) in [4.78, 5) is 24.9. The van der Waals surface area contributed by atoms with E-state index in [9.17, 15) is 9.59 Å². The van der Waals surface area contributed by atoms with E-state index in [1.807, 2.05) is 7.05 Å². The molecule has 0 unspecified atom stereocenters. The Balaban J connectivity index is 1.99. The molecule has 2 rings (SSSR count). The van der Waals surface area contributed by atoms with E-state index in [-0.39, 0.29) is 11.9 Å². The molecule has 1 aliphatic rings. The summed E-state index contributed by atoms with van der Waals surface area (Å²) < 4.78 is 10.5. The number of ether oxygens (including phenoxy) is 2. The Labute approximate surface area is 136 Å². The molecule has 1 amide bonds. The summed E-state index contributed by atoms with van der Waals surface area (Å²) in [6, 6.07) is 6.84. The molecular weight excluding hydrogens is 298 g/mol. The van der Waals surface area contributed by atoms with Crippen LogP contribution in [0.2, 0.25) is 0 Å². The molecule has 0 bridgehead atoms. The van der Waals surface area contributed by atoms with E-state index in [1.165, 1.54) is 0 Å². The van der Waals surface area contributed by atoms with Crippen LogP contribution in [-0.2, 0) is 9.53 Å². The minimum Gasteiger partial charge on any atom is -0.482 e. The highest BCUT2D eigenvalue weighted by molar-refractivity contribution is 5.94. The predicted octanol–water partition coefficient (Wildman–Crippen LogP) is 2.18. The third kappa shape index (κ3) is 4.69. The number of aliphatic carboxylic acids is 1. The number of carbonyl (C=O) groups excluding carboxylic acids is 1. The van der Waals surface area contributed by atoms with Gasteiger partial charge in [0.15, 0.2) is 6.61 Å². The van der Waals surface area contributed by atoms with Gasteiger partial charge in [-0.05, 0) is 43.9 Å². The average molecular weight is 321 g/mol. The normalized spacial score (nSPS) is 20.8. The number of benzene rings is 1. The number of hydrogen-bond donors (Lipinski definition) is 1. The van der Waals surface area contributed by atoms with Gasteiger partial charge < -0.3 is 19.5 Å². The van der Waals surface area contributed by atoms with Crippen molar-refractivity contribution in [2.45, 2.75) is 37.8 Å². The third-order valence-corrected chi connectivity index (χ3v) is 4.29. The summed E-state index contributed by atoms with van der Waals surface area (Å²) in [5.41, 5.74) is 0.504. The van der Waals surface area contributed by atoms with Crippen LogP contribution < -0.4 is 4.74 Å². The lowest BCUT2D eigenvalue weighted by atomic mass is 9.91. The Bertz CT molecular complexity index is 552. The summed E-state index contributed by atoms with van der Waals surface area (Å²) in [5.74, 6) is -0.741. The van der Waals surface area contributed by atoms with Gasteiger partial charge in [-0.15, -0.1) is 0 Å². The van der Waals surface area contributed by atoms with Gasteiger partial charge in [-0.2, -0.15) is 0 Å². The number of nitrogens with zero attached hydrogens (tertiary/aromatic N) is 1. The highest BCUT2D eigenvalue weighted by Crippen LogP contribution is 2.25. The van der Waals surface area contributed by atoms with Crippen LogP contribution in [0.1, 0.15) is 36.0 Å². The summed E-state index contributed by atoms with van der Waals surface area (Å²) in [7, 11) is 3.54. The van der Waals surface area contributed by atoms with Gasteiger partial charge in [0.2, 0.25) is 0 Å². The number of methoxy groups -OCH3 is 1. The molecule has 0 aliphatic heterocycles. The molecule has 126 valence electrons. The second-order valence-electron chi connectivity index (χ2n) is 5.79. The topological polar surface area (TPSA) is 76.1 Å². The van der Waals surface area contributed by atoms with Gasteiger partial charge in [-0.3, -0.25) is 4.79 Å². The van der Waals surface area contributed by atoms with Crippen LogP contribution in [0, 0.1) is 0 Å². The third-order valence-electron chi connectivity index (χ3n) is 4.29. The van der Waals surface area contributed by atoms with Crippen molar-refractivity contribution in [1.29, 1.82) is 0 Å². The highest BCUT2D eigenvalue weighted by atomic mass is 16.5. The molecule has 1 aliphatic carbocycles. The molecule has 1 saturated carbocycles. The maximum atomic E-state index is 12.6. The van der Waals surface area contributed by atoms with Crippen molar-refractivity contribution < 1.29 is 24.2 Å². The van der Waals surface area contributed by atoms with E-state index in [4.69, 9.17) is 14.6 Å². The number of carboxylic acids is 1. The lowest BCUT2D eigenvalue weighted by Crippen LogP contribution is -2.40. The molecule has 0 heterocycles. The molecule has 0 radical (unpaired) electrons. The zero-order chi connectivity index (χ0) is 16.8. The predicted molar refractivity (Wildman–Crippen MR) is 84.7 cm³/mol. The Kier molecular flexibility index (Phi) is 5.98. The van der Waals surface area contributed by atoms with Crippen LogP contribution in [0.25, 0.3) is 0 Å². The Morgan fingerprint density at radius 2 is 1.96 bits per heavy atom. The zero-order valence-corrected chi connectivity index (χ0v) is 13.5. The number of carbonyl (C=O) groups is 2. The second-order valence-corrected chi connectivity index (χ2v) is 5.79. The van der Waals surface area contributed by atoms with Crippen molar-refractivity contribution in [3.05, 3.63) is 29.8 Å². The van der Waals surface area contributed by atoms with Crippen molar-refractivity contribution in [2.75, 3.05) is 20.8 Å². The summed E-state index contributed by atoms with van der Waals surface area (Å²) >= 11 is 0. The molecule has 1 aromatic carbocycles. The summed E-state index contributed by atoms with van der Waals surface area (Å²) in [6.07, 6.45) is 4.06. The van der Waals surface area contributed by atoms with Crippen LogP contribution >= 0.6 is 0 Å². The lowest BCUT2D eigenvalue weighted by molar-refractivity contribution is -0.139. The largest absolute Gasteiger partial charge is 0.482 e. The van der Waals surface area contributed by atoms with Crippen molar-refractivity contribution >= 4 is 11.9 Å². The fourth-order valence-electron chi connectivity index (χ4n) is 2.90. The van der Waals surface area contributed by atoms with Crippen molar-refractivity contribution in [1.82, 2.24) is 4.90 Å². The summed E-state index contributed by atoms with van der Waals surface area (Å²) in [6.45, 7) is -0.422. The zero-order valence-electron chi connectivity index (χ0n) is 13.5. The first-order valence-corrected chi connectivity index (χ1v) is 7.76. The fraction of sp³-hybridized carbons (Fsp3) is 0.529. The number of carboxylic acid groups (broad SMARTS) is 1. The molecule has 0 atom stereocenters. The van der Waals surface area contributed by atoms with Gasteiger partial charge in [0.1, 0.15) is 5.75 Å². The van der Waals surface area contributed by atoms with E-state index in [1.54, 1.807) is 36.3 Å². The molecule has 0 saturated heterocycles.